The van der Waals surface area contributed by atoms with E-state index < -0.39 is 13.9 Å². The molecule has 0 spiro atoms. The van der Waals surface area contributed by atoms with Crippen LogP contribution in [0.15, 0.2) is 0 Å². The number of rotatable bonds is 3. The number of nitrogens with zero attached hydrogens (tertiary/aromatic N) is 1. The lowest BCUT2D eigenvalue weighted by atomic mass is 10.2. The molecule has 1 fully saturated rings. The summed E-state index contributed by atoms with van der Waals surface area (Å²) in [5.74, 6) is 0. The van der Waals surface area contributed by atoms with E-state index in [1.807, 2.05) is 20.8 Å². The van der Waals surface area contributed by atoms with Gasteiger partial charge in [0.25, 0.3) is 0 Å². The zero-order valence-corrected chi connectivity index (χ0v) is 17.8. The fraction of sp³-hybridized carbons (Fsp3) is 0.938. The van der Waals surface area contributed by atoms with Gasteiger partial charge in [-0.15, -0.1) is 0 Å². The lowest BCUT2D eigenvalue weighted by molar-refractivity contribution is 0.0164. The number of hydrogen-bond acceptors (Lipinski definition) is 5. The molecule has 1 heterocycles. The molecule has 0 aromatic heterocycles. The number of piperazine rings is 1. The van der Waals surface area contributed by atoms with Gasteiger partial charge in [-0.05, 0) is 38.9 Å². The van der Waals surface area contributed by atoms with Crippen molar-refractivity contribution in [3.63, 3.8) is 0 Å². The zero-order chi connectivity index (χ0) is 18.1. The van der Waals surface area contributed by atoms with Crippen LogP contribution in [0.25, 0.3) is 0 Å². The molecule has 1 N–H and O–H groups in total. The Bertz CT molecular complexity index is 419. The standard InChI is InChI=1S/C16H34N2O3SSi/c1-15(2,3)21-14(19)18-9-12(17-13(22)10-18)11-20-23(7,8)16(4,5)6/h12-13,17,22H,9-11H2,1-8H3. The molecule has 1 aliphatic rings. The zero-order valence-electron chi connectivity index (χ0n) is 15.9. The van der Waals surface area contributed by atoms with Crippen LogP contribution in [0.1, 0.15) is 41.5 Å². The minimum absolute atomic E-state index is 0.0655. The molecule has 1 saturated heterocycles. The van der Waals surface area contributed by atoms with Crippen LogP contribution in [0.2, 0.25) is 18.1 Å². The molecule has 0 radical (unpaired) electrons. The Morgan fingerprint density at radius 2 is 1.78 bits per heavy atom. The third-order valence-corrected chi connectivity index (χ3v) is 9.18. The number of hydrogen-bond donors (Lipinski definition) is 2. The third kappa shape index (κ3) is 6.64. The largest absolute Gasteiger partial charge is 0.444 e. The Morgan fingerprint density at radius 1 is 1.22 bits per heavy atom. The van der Waals surface area contributed by atoms with Crippen molar-refractivity contribution < 1.29 is 14.0 Å². The molecular formula is C16H34N2O3SSi. The fourth-order valence-electron chi connectivity index (χ4n) is 2.03. The van der Waals surface area contributed by atoms with E-state index in [0.717, 1.165) is 0 Å². The first-order chi connectivity index (χ1) is 10.2. The maximum atomic E-state index is 12.3. The van der Waals surface area contributed by atoms with E-state index in [0.29, 0.717) is 19.7 Å². The van der Waals surface area contributed by atoms with Gasteiger partial charge in [-0.3, -0.25) is 5.32 Å². The summed E-state index contributed by atoms with van der Waals surface area (Å²) >= 11 is 4.50. The second-order valence-corrected chi connectivity index (χ2v) is 14.3. The van der Waals surface area contributed by atoms with Gasteiger partial charge in [0.2, 0.25) is 0 Å². The highest BCUT2D eigenvalue weighted by atomic mass is 32.1. The monoisotopic (exact) mass is 362 g/mol. The van der Waals surface area contributed by atoms with Crippen LogP contribution >= 0.6 is 12.6 Å². The van der Waals surface area contributed by atoms with Crippen molar-refractivity contribution >= 4 is 27.0 Å². The van der Waals surface area contributed by atoms with Crippen LogP contribution < -0.4 is 5.32 Å². The lowest BCUT2D eigenvalue weighted by Crippen LogP contribution is -2.59. The van der Waals surface area contributed by atoms with Crippen LogP contribution in [-0.2, 0) is 9.16 Å². The van der Waals surface area contributed by atoms with Gasteiger partial charge in [0, 0.05) is 19.1 Å². The average molecular weight is 363 g/mol. The van der Waals surface area contributed by atoms with Gasteiger partial charge in [-0.1, -0.05) is 20.8 Å². The number of nitrogens with one attached hydrogen (secondary N) is 1. The molecule has 0 aromatic carbocycles. The molecule has 7 heteroatoms. The topological polar surface area (TPSA) is 50.8 Å². The number of amides is 1. The molecule has 2 unspecified atom stereocenters. The highest BCUT2D eigenvalue weighted by molar-refractivity contribution is 7.80. The highest BCUT2D eigenvalue weighted by Crippen LogP contribution is 2.36. The summed E-state index contributed by atoms with van der Waals surface area (Å²) in [6.45, 7) is 18.5. The minimum Gasteiger partial charge on any atom is -0.444 e. The molecule has 5 nitrogen and oxygen atoms in total. The maximum Gasteiger partial charge on any atom is 0.410 e. The van der Waals surface area contributed by atoms with Crippen LogP contribution in [-0.4, -0.2) is 56.0 Å². The van der Waals surface area contributed by atoms with Gasteiger partial charge >= 0.3 is 6.09 Å². The molecule has 0 bridgehead atoms. The van der Waals surface area contributed by atoms with E-state index in [9.17, 15) is 4.79 Å². The minimum atomic E-state index is -1.80. The average Bonchev–Trinajstić information content (AvgIpc) is 2.32. The molecular weight excluding hydrogens is 328 g/mol. The number of carbonyl (C=O) groups is 1. The summed E-state index contributed by atoms with van der Waals surface area (Å²) in [5, 5.41) is 3.51. The first kappa shape index (κ1) is 20.8. The van der Waals surface area contributed by atoms with Crippen molar-refractivity contribution in [3.05, 3.63) is 0 Å². The predicted octanol–water partition coefficient (Wildman–Crippen LogP) is 3.47. The van der Waals surface area contributed by atoms with Gasteiger partial charge in [0.05, 0.1) is 12.0 Å². The smallest absolute Gasteiger partial charge is 0.410 e. The number of thiol groups is 1. The third-order valence-electron chi connectivity index (χ3n) is 4.37. The Kier molecular flexibility index (Phi) is 6.63. The normalized spacial score (nSPS) is 23.8. The van der Waals surface area contributed by atoms with Crippen molar-refractivity contribution in [3.8, 4) is 0 Å². The Balaban J connectivity index is 2.63. The van der Waals surface area contributed by atoms with Crippen molar-refractivity contribution in [2.75, 3.05) is 19.7 Å². The predicted molar refractivity (Wildman–Crippen MR) is 101 cm³/mol. The van der Waals surface area contributed by atoms with Crippen molar-refractivity contribution in [1.29, 1.82) is 0 Å². The molecule has 0 aliphatic carbocycles. The lowest BCUT2D eigenvalue weighted by Gasteiger charge is -2.41. The molecule has 23 heavy (non-hydrogen) atoms. The summed E-state index contributed by atoms with van der Waals surface area (Å²) < 4.78 is 11.7. The van der Waals surface area contributed by atoms with Crippen LogP contribution in [0.4, 0.5) is 4.79 Å². The van der Waals surface area contributed by atoms with E-state index in [4.69, 9.17) is 9.16 Å². The molecule has 1 amide bonds. The van der Waals surface area contributed by atoms with E-state index in [-0.39, 0.29) is 22.5 Å². The fourth-order valence-corrected chi connectivity index (χ4v) is 3.49. The summed E-state index contributed by atoms with van der Waals surface area (Å²) in [6.07, 6.45) is -0.282. The van der Waals surface area contributed by atoms with E-state index in [1.54, 1.807) is 4.90 Å². The van der Waals surface area contributed by atoms with Crippen LogP contribution in [0.5, 0.6) is 0 Å². The molecule has 1 rings (SSSR count). The second-order valence-electron chi connectivity index (χ2n) is 8.84. The van der Waals surface area contributed by atoms with Gasteiger partial charge in [-0.25, -0.2) is 4.79 Å². The molecule has 1 aliphatic heterocycles. The van der Waals surface area contributed by atoms with Gasteiger partial charge < -0.3 is 14.1 Å². The summed E-state index contributed by atoms with van der Waals surface area (Å²) in [4.78, 5) is 14.0. The van der Waals surface area contributed by atoms with E-state index in [1.165, 1.54) is 0 Å². The Morgan fingerprint density at radius 3 is 2.26 bits per heavy atom. The summed E-state index contributed by atoms with van der Waals surface area (Å²) in [7, 11) is -1.80. The Hall–Kier alpha value is -0.243. The summed E-state index contributed by atoms with van der Waals surface area (Å²) in [6, 6.07) is 0.0768. The summed E-state index contributed by atoms with van der Waals surface area (Å²) in [5.41, 5.74) is -0.485. The van der Waals surface area contributed by atoms with E-state index >= 15 is 0 Å². The number of carbonyl (C=O) groups excluding carboxylic acids is 1. The van der Waals surface area contributed by atoms with Crippen LogP contribution in [0, 0.1) is 0 Å². The van der Waals surface area contributed by atoms with Gasteiger partial charge in [0.15, 0.2) is 8.32 Å². The first-order valence-corrected chi connectivity index (χ1v) is 11.7. The SMILES string of the molecule is CC(C)(C)OC(=O)N1CC(S)NC(CO[Si](C)(C)C(C)(C)C)C1. The Labute approximate surface area is 148 Å². The maximum absolute atomic E-state index is 12.3. The molecule has 0 saturated carbocycles. The van der Waals surface area contributed by atoms with E-state index in [2.05, 4.69) is 51.8 Å². The van der Waals surface area contributed by atoms with Crippen molar-refractivity contribution in [1.82, 2.24) is 10.2 Å². The molecule has 136 valence electrons. The van der Waals surface area contributed by atoms with Crippen molar-refractivity contribution in [2.24, 2.45) is 0 Å². The van der Waals surface area contributed by atoms with Crippen molar-refractivity contribution in [2.45, 2.75) is 76.7 Å². The van der Waals surface area contributed by atoms with Crippen LogP contribution in [0.3, 0.4) is 0 Å². The second kappa shape index (κ2) is 7.33. The van der Waals surface area contributed by atoms with Gasteiger partial charge in [0.1, 0.15) is 5.60 Å². The molecule has 0 aromatic rings. The quantitative estimate of drug-likeness (QED) is 0.596. The van der Waals surface area contributed by atoms with Gasteiger partial charge in [-0.2, -0.15) is 12.6 Å². The molecule has 2 atom stereocenters. The first-order valence-electron chi connectivity index (χ1n) is 8.27. The number of ether oxygens (including phenoxy) is 1. The highest BCUT2D eigenvalue weighted by Gasteiger charge is 2.38.